The number of nitrogens with zero attached hydrogens (tertiary/aromatic N) is 1. The predicted molar refractivity (Wildman–Crippen MR) is 72.9 cm³/mol. The maximum Gasteiger partial charge on any atom is 0.168 e. The summed E-state index contributed by atoms with van der Waals surface area (Å²) in [6, 6.07) is 4.15. The van der Waals surface area contributed by atoms with Crippen molar-refractivity contribution in [3.05, 3.63) is 22.4 Å². The first-order valence-corrected chi connectivity index (χ1v) is 6.53. The molecule has 1 heterocycles. The molecular formula is C11H18N2OS2. The number of nitrogens with one attached hydrogen (secondary N) is 1. The van der Waals surface area contributed by atoms with E-state index in [0.29, 0.717) is 0 Å². The Hall–Kier alpha value is -0.650. The summed E-state index contributed by atoms with van der Waals surface area (Å²) in [5.74, 6) is 0. The van der Waals surface area contributed by atoms with E-state index < -0.39 is 0 Å². The SMILES string of the molecule is COCCCN(C)C(=S)NCc1cccs1. The second-order valence-corrected chi connectivity index (χ2v) is 4.92. The van der Waals surface area contributed by atoms with Crippen molar-refractivity contribution in [3.63, 3.8) is 0 Å². The summed E-state index contributed by atoms with van der Waals surface area (Å²) in [5.41, 5.74) is 0. The van der Waals surface area contributed by atoms with E-state index in [1.165, 1.54) is 4.88 Å². The van der Waals surface area contributed by atoms with E-state index in [9.17, 15) is 0 Å². The Morgan fingerprint density at radius 2 is 2.44 bits per heavy atom. The number of ether oxygens (including phenoxy) is 1. The average molecular weight is 258 g/mol. The third kappa shape index (κ3) is 4.92. The summed E-state index contributed by atoms with van der Waals surface area (Å²) in [6.45, 7) is 2.51. The van der Waals surface area contributed by atoms with Gasteiger partial charge < -0.3 is 15.0 Å². The summed E-state index contributed by atoms with van der Waals surface area (Å²) < 4.78 is 5.00. The van der Waals surface area contributed by atoms with Crippen molar-refractivity contribution in [1.82, 2.24) is 10.2 Å². The van der Waals surface area contributed by atoms with Crippen molar-refractivity contribution in [2.24, 2.45) is 0 Å². The molecular weight excluding hydrogens is 240 g/mol. The standard InChI is InChI=1S/C11H18N2OS2/c1-13(6-4-7-14-2)11(15)12-9-10-5-3-8-16-10/h3,5,8H,4,6-7,9H2,1-2H3,(H,12,15). The zero-order valence-electron chi connectivity index (χ0n) is 9.73. The van der Waals surface area contributed by atoms with E-state index >= 15 is 0 Å². The second kappa shape index (κ2) is 7.60. The quantitative estimate of drug-likeness (QED) is 0.624. The monoisotopic (exact) mass is 258 g/mol. The van der Waals surface area contributed by atoms with E-state index in [1.54, 1.807) is 18.4 Å². The minimum atomic E-state index is 0.776. The molecule has 0 aromatic carbocycles. The number of hydrogen-bond donors (Lipinski definition) is 1. The molecule has 0 bridgehead atoms. The Labute approximate surface area is 106 Å². The van der Waals surface area contributed by atoms with Gasteiger partial charge in [0.05, 0.1) is 6.54 Å². The Morgan fingerprint density at radius 1 is 1.62 bits per heavy atom. The zero-order valence-corrected chi connectivity index (χ0v) is 11.4. The number of thiophene rings is 1. The predicted octanol–water partition coefficient (Wildman–Crippen LogP) is 2.09. The highest BCUT2D eigenvalue weighted by molar-refractivity contribution is 7.80. The highest BCUT2D eigenvalue weighted by Crippen LogP contribution is 2.07. The molecule has 1 rings (SSSR count). The molecule has 16 heavy (non-hydrogen) atoms. The molecule has 0 aliphatic rings. The number of thiocarbonyl (C=S) groups is 1. The highest BCUT2D eigenvalue weighted by Gasteiger charge is 2.03. The minimum Gasteiger partial charge on any atom is -0.385 e. The van der Waals surface area contributed by atoms with Gasteiger partial charge in [-0.05, 0) is 30.1 Å². The molecule has 0 fully saturated rings. The second-order valence-electron chi connectivity index (χ2n) is 3.51. The van der Waals surface area contributed by atoms with Crippen LogP contribution < -0.4 is 5.32 Å². The van der Waals surface area contributed by atoms with Gasteiger partial charge in [0.25, 0.3) is 0 Å². The van der Waals surface area contributed by atoms with E-state index in [1.807, 2.05) is 18.0 Å². The molecule has 0 spiro atoms. The summed E-state index contributed by atoms with van der Waals surface area (Å²) in [4.78, 5) is 3.34. The minimum absolute atomic E-state index is 0.776. The van der Waals surface area contributed by atoms with Crippen molar-refractivity contribution >= 4 is 28.7 Å². The normalized spacial score (nSPS) is 10.1. The molecule has 90 valence electrons. The van der Waals surface area contributed by atoms with Crippen LogP contribution in [0.25, 0.3) is 0 Å². The lowest BCUT2D eigenvalue weighted by Gasteiger charge is -2.20. The fourth-order valence-electron chi connectivity index (χ4n) is 1.26. The molecule has 3 nitrogen and oxygen atoms in total. The van der Waals surface area contributed by atoms with Gasteiger partial charge in [0, 0.05) is 32.2 Å². The maximum absolute atomic E-state index is 5.28. The lowest BCUT2D eigenvalue weighted by molar-refractivity contribution is 0.188. The average Bonchev–Trinajstić information content (AvgIpc) is 2.79. The van der Waals surface area contributed by atoms with Crippen molar-refractivity contribution in [2.45, 2.75) is 13.0 Å². The highest BCUT2D eigenvalue weighted by atomic mass is 32.1. The Kier molecular flexibility index (Phi) is 6.37. The largest absolute Gasteiger partial charge is 0.385 e. The number of hydrogen-bond acceptors (Lipinski definition) is 3. The van der Waals surface area contributed by atoms with Gasteiger partial charge in [-0.1, -0.05) is 6.07 Å². The Bertz CT molecular complexity index is 301. The third-order valence-electron chi connectivity index (χ3n) is 2.18. The van der Waals surface area contributed by atoms with Gasteiger partial charge >= 0.3 is 0 Å². The van der Waals surface area contributed by atoms with Gasteiger partial charge in [0.1, 0.15) is 0 Å². The number of rotatable bonds is 6. The van der Waals surface area contributed by atoms with Crippen LogP contribution >= 0.6 is 23.6 Å². The van der Waals surface area contributed by atoms with E-state index in [0.717, 1.165) is 31.2 Å². The molecule has 0 saturated carbocycles. The van der Waals surface area contributed by atoms with E-state index in [4.69, 9.17) is 17.0 Å². The molecule has 0 atom stereocenters. The number of methoxy groups -OCH3 is 1. The first-order valence-electron chi connectivity index (χ1n) is 5.24. The molecule has 0 aliphatic heterocycles. The lowest BCUT2D eigenvalue weighted by Crippen LogP contribution is -2.37. The van der Waals surface area contributed by atoms with Crippen LogP contribution in [-0.4, -0.2) is 37.3 Å². The fourth-order valence-corrected chi connectivity index (χ4v) is 2.07. The topological polar surface area (TPSA) is 24.5 Å². The van der Waals surface area contributed by atoms with Crippen molar-refractivity contribution < 1.29 is 4.74 Å². The molecule has 1 aromatic rings. The van der Waals surface area contributed by atoms with Crippen LogP contribution in [0, 0.1) is 0 Å². The van der Waals surface area contributed by atoms with Crippen molar-refractivity contribution in [3.8, 4) is 0 Å². The van der Waals surface area contributed by atoms with Crippen LogP contribution in [0.2, 0.25) is 0 Å². The third-order valence-corrected chi connectivity index (χ3v) is 3.52. The van der Waals surface area contributed by atoms with Gasteiger partial charge in [-0.25, -0.2) is 0 Å². The molecule has 0 amide bonds. The van der Waals surface area contributed by atoms with E-state index in [2.05, 4.69) is 16.8 Å². The Balaban J connectivity index is 2.18. The lowest BCUT2D eigenvalue weighted by atomic mass is 10.4. The van der Waals surface area contributed by atoms with Crippen LogP contribution in [0.3, 0.4) is 0 Å². The van der Waals surface area contributed by atoms with Crippen molar-refractivity contribution in [2.75, 3.05) is 27.3 Å². The van der Waals surface area contributed by atoms with Gasteiger partial charge in [0.2, 0.25) is 0 Å². The molecule has 0 saturated heterocycles. The fraction of sp³-hybridized carbons (Fsp3) is 0.545. The van der Waals surface area contributed by atoms with E-state index in [-0.39, 0.29) is 0 Å². The molecule has 0 aliphatic carbocycles. The molecule has 0 radical (unpaired) electrons. The van der Waals surface area contributed by atoms with Gasteiger partial charge in [-0.2, -0.15) is 0 Å². The van der Waals surface area contributed by atoms with Crippen LogP contribution in [0.5, 0.6) is 0 Å². The molecule has 0 unspecified atom stereocenters. The summed E-state index contributed by atoms with van der Waals surface area (Å²) in [5, 5.41) is 6.11. The molecule has 5 heteroatoms. The van der Waals surface area contributed by atoms with Crippen molar-refractivity contribution in [1.29, 1.82) is 0 Å². The van der Waals surface area contributed by atoms with Gasteiger partial charge in [-0.3, -0.25) is 0 Å². The van der Waals surface area contributed by atoms with Gasteiger partial charge in [-0.15, -0.1) is 11.3 Å². The van der Waals surface area contributed by atoms with Crippen LogP contribution in [0.4, 0.5) is 0 Å². The Morgan fingerprint density at radius 3 is 3.06 bits per heavy atom. The summed E-state index contributed by atoms with van der Waals surface area (Å²) in [7, 11) is 3.72. The summed E-state index contributed by atoms with van der Waals surface area (Å²) in [6.07, 6.45) is 0.994. The van der Waals surface area contributed by atoms with Crippen LogP contribution in [-0.2, 0) is 11.3 Å². The zero-order chi connectivity index (χ0) is 11.8. The van der Waals surface area contributed by atoms with Crippen LogP contribution in [0.1, 0.15) is 11.3 Å². The van der Waals surface area contributed by atoms with Gasteiger partial charge in [0.15, 0.2) is 5.11 Å². The maximum atomic E-state index is 5.28. The smallest absolute Gasteiger partial charge is 0.168 e. The first-order chi connectivity index (χ1) is 7.74. The molecule has 1 N–H and O–H groups in total. The first kappa shape index (κ1) is 13.4. The molecule has 1 aromatic heterocycles. The van der Waals surface area contributed by atoms with Crippen LogP contribution in [0.15, 0.2) is 17.5 Å². The summed E-state index contributed by atoms with van der Waals surface area (Å²) >= 11 is 7.02.